The van der Waals surface area contributed by atoms with Crippen LogP contribution in [0.25, 0.3) is 0 Å². The van der Waals surface area contributed by atoms with Crippen LogP contribution in [0.15, 0.2) is 24.3 Å². The molecule has 1 rings (SSSR count). The van der Waals surface area contributed by atoms with Gasteiger partial charge in [-0.05, 0) is 25.0 Å². The van der Waals surface area contributed by atoms with Crippen molar-refractivity contribution in [1.29, 1.82) is 0 Å². The molecule has 0 fully saturated rings. The maximum atomic E-state index is 13.7. The van der Waals surface area contributed by atoms with Gasteiger partial charge < -0.3 is 10.1 Å². The molecule has 0 saturated carbocycles. The molecule has 0 bridgehead atoms. The van der Waals surface area contributed by atoms with E-state index in [0.717, 1.165) is 12.8 Å². The summed E-state index contributed by atoms with van der Waals surface area (Å²) in [7, 11) is 1.36. The summed E-state index contributed by atoms with van der Waals surface area (Å²) in [6.45, 7) is 3.96. The smallest absolute Gasteiger partial charge is 0.331 e. The lowest BCUT2D eigenvalue weighted by atomic mass is 9.89. The first-order valence-electron chi connectivity index (χ1n) is 6.70. The zero-order chi connectivity index (χ0) is 14.3. The van der Waals surface area contributed by atoms with E-state index in [-0.39, 0.29) is 11.8 Å². The molecule has 0 saturated heterocycles. The van der Waals surface area contributed by atoms with Crippen LogP contribution in [0.2, 0.25) is 0 Å². The maximum absolute atomic E-state index is 13.7. The quantitative estimate of drug-likeness (QED) is 0.765. The second-order valence-electron chi connectivity index (χ2n) is 4.64. The second-order valence-corrected chi connectivity index (χ2v) is 4.64. The van der Waals surface area contributed by atoms with Crippen molar-refractivity contribution in [3.8, 4) is 0 Å². The van der Waals surface area contributed by atoms with Gasteiger partial charge in [0.05, 0.1) is 12.8 Å². The fourth-order valence-corrected chi connectivity index (χ4v) is 2.12. The van der Waals surface area contributed by atoms with E-state index in [1.54, 1.807) is 18.2 Å². The van der Waals surface area contributed by atoms with E-state index in [9.17, 15) is 9.18 Å². The van der Waals surface area contributed by atoms with Crippen LogP contribution in [-0.2, 0) is 9.53 Å². The minimum atomic E-state index is -0.854. The highest BCUT2D eigenvalue weighted by atomic mass is 19.1. The number of esters is 1. The summed E-state index contributed by atoms with van der Waals surface area (Å²) in [5.41, 5.74) is -0.515. The number of unbranched alkanes of at least 4 members (excludes halogenated alkanes) is 1. The van der Waals surface area contributed by atoms with E-state index in [4.69, 9.17) is 4.74 Å². The predicted molar refractivity (Wildman–Crippen MR) is 74.6 cm³/mol. The average molecular weight is 267 g/mol. The Kier molecular flexibility index (Phi) is 5.80. The summed E-state index contributed by atoms with van der Waals surface area (Å²) < 4.78 is 18.6. The standard InChI is InChI=1S/C15H22FNO2/c1-4-6-11-15(5-2,14(18)19-3)17-13-10-8-7-9-12(13)16/h7-10,17H,4-6,11H2,1-3H3. The van der Waals surface area contributed by atoms with Gasteiger partial charge in [0, 0.05) is 0 Å². The van der Waals surface area contributed by atoms with E-state index >= 15 is 0 Å². The fraction of sp³-hybridized carbons (Fsp3) is 0.533. The molecule has 0 radical (unpaired) electrons. The van der Waals surface area contributed by atoms with Crippen LogP contribution in [0.1, 0.15) is 39.5 Å². The monoisotopic (exact) mass is 267 g/mol. The zero-order valence-corrected chi connectivity index (χ0v) is 11.8. The van der Waals surface area contributed by atoms with Gasteiger partial charge in [-0.2, -0.15) is 0 Å². The average Bonchev–Trinajstić information content (AvgIpc) is 2.44. The highest BCUT2D eigenvalue weighted by Crippen LogP contribution is 2.27. The minimum Gasteiger partial charge on any atom is -0.467 e. The summed E-state index contributed by atoms with van der Waals surface area (Å²) >= 11 is 0. The Labute approximate surface area is 114 Å². The number of rotatable bonds is 7. The van der Waals surface area contributed by atoms with Crippen molar-refractivity contribution in [2.24, 2.45) is 0 Å². The number of halogens is 1. The molecule has 3 nitrogen and oxygen atoms in total. The zero-order valence-electron chi connectivity index (χ0n) is 11.8. The van der Waals surface area contributed by atoms with Crippen molar-refractivity contribution in [3.63, 3.8) is 0 Å². The Balaban J connectivity index is 3.02. The van der Waals surface area contributed by atoms with Crippen LogP contribution in [0.5, 0.6) is 0 Å². The van der Waals surface area contributed by atoms with Gasteiger partial charge in [-0.1, -0.05) is 38.8 Å². The van der Waals surface area contributed by atoms with Gasteiger partial charge in [0.2, 0.25) is 0 Å². The van der Waals surface area contributed by atoms with E-state index in [2.05, 4.69) is 12.2 Å². The van der Waals surface area contributed by atoms with Crippen molar-refractivity contribution in [1.82, 2.24) is 0 Å². The van der Waals surface area contributed by atoms with Gasteiger partial charge in [-0.25, -0.2) is 9.18 Å². The first-order valence-corrected chi connectivity index (χ1v) is 6.70. The molecule has 0 amide bonds. The molecule has 4 heteroatoms. The van der Waals surface area contributed by atoms with Crippen molar-refractivity contribution >= 4 is 11.7 Å². The van der Waals surface area contributed by atoms with Crippen LogP contribution in [0.3, 0.4) is 0 Å². The largest absolute Gasteiger partial charge is 0.467 e. The van der Waals surface area contributed by atoms with Gasteiger partial charge in [0.25, 0.3) is 0 Å². The second kappa shape index (κ2) is 7.12. The Bertz CT molecular complexity index is 422. The Morgan fingerprint density at radius 3 is 2.58 bits per heavy atom. The van der Waals surface area contributed by atoms with Gasteiger partial charge in [-0.3, -0.25) is 0 Å². The lowest BCUT2D eigenvalue weighted by Crippen LogP contribution is -2.47. The number of hydrogen-bond acceptors (Lipinski definition) is 3. The maximum Gasteiger partial charge on any atom is 0.331 e. The number of hydrogen-bond donors (Lipinski definition) is 1. The SMILES string of the molecule is CCCCC(CC)(Nc1ccccc1F)C(=O)OC. The first-order chi connectivity index (χ1) is 9.09. The van der Waals surface area contributed by atoms with E-state index in [1.165, 1.54) is 13.2 Å². The summed E-state index contributed by atoms with van der Waals surface area (Å²) in [5, 5.41) is 3.05. The highest BCUT2D eigenvalue weighted by Gasteiger charge is 2.37. The Morgan fingerprint density at radius 2 is 2.05 bits per heavy atom. The number of carbonyl (C=O) groups excluding carboxylic acids is 1. The Hall–Kier alpha value is -1.58. The van der Waals surface area contributed by atoms with Crippen molar-refractivity contribution in [3.05, 3.63) is 30.1 Å². The van der Waals surface area contributed by atoms with E-state index < -0.39 is 5.54 Å². The summed E-state index contributed by atoms with van der Waals surface area (Å²) in [6.07, 6.45) is 3.02. The lowest BCUT2D eigenvalue weighted by Gasteiger charge is -2.32. The van der Waals surface area contributed by atoms with Gasteiger partial charge >= 0.3 is 5.97 Å². The number of ether oxygens (including phenoxy) is 1. The molecule has 0 spiro atoms. The molecule has 0 aromatic heterocycles. The summed E-state index contributed by atoms with van der Waals surface area (Å²) in [6, 6.07) is 6.37. The van der Waals surface area contributed by atoms with Crippen molar-refractivity contribution in [2.75, 3.05) is 12.4 Å². The van der Waals surface area contributed by atoms with Gasteiger partial charge in [-0.15, -0.1) is 0 Å². The number of para-hydroxylation sites is 1. The number of nitrogens with one attached hydrogen (secondary N) is 1. The summed E-state index contributed by atoms with van der Waals surface area (Å²) in [4.78, 5) is 12.1. The van der Waals surface area contributed by atoms with Crippen LogP contribution >= 0.6 is 0 Å². The molecule has 19 heavy (non-hydrogen) atoms. The highest BCUT2D eigenvalue weighted by molar-refractivity contribution is 5.84. The topological polar surface area (TPSA) is 38.3 Å². The van der Waals surface area contributed by atoms with E-state index in [0.29, 0.717) is 18.5 Å². The molecule has 0 aliphatic heterocycles. The lowest BCUT2D eigenvalue weighted by molar-refractivity contribution is -0.146. The van der Waals surface area contributed by atoms with Crippen LogP contribution in [-0.4, -0.2) is 18.6 Å². The number of carbonyl (C=O) groups is 1. The van der Waals surface area contributed by atoms with Gasteiger partial charge in [0.1, 0.15) is 11.4 Å². The fourth-order valence-electron chi connectivity index (χ4n) is 2.12. The third-order valence-electron chi connectivity index (χ3n) is 3.38. The molecule has 1 aromatic rings. The molecule has 1 atom stereocenters. The van der Waals surface area contributed by atoms with Crippen LogP contribution in [0, 0.1) is 5.82 Å². The van der Waals surface area contributed by atoms with E-state index in [1.807, 2.05) is 6.92 Å². The number of methoxy groups -OCH3 is 1. The molecule has 0 aliphatic carbocycles. The number of benzene rings is 1. The molecule has 1 N–H and O–H groups in total. The molecule has 1 aromatic carbocycles. The minimum absolute atomic E-state index is 0.339. The molecule has 0 heterocycles. The predicted octanol–water partition coefficient (Wildman–Crippen LogP) is 3.75. The molecule has 106 valence electrons. The molecular formula is C15H22FNO2. The Morgan fingerprint density at radius 1 is 1.37 bits per heavy atom. The molecule has 0 aliphatic rings. The third kappa shape index (κ3) is 3.69. The molecular weight excluding hydrogens is 245 g/mol. The number of anilines is 1. The third-order valence-corrected chi connectivity index (χ3v) is 3.38. The van der Waals surface area contributed by atoms with Crippen LogP contribution in [0.4, 0.5) is 10.1 Å². The van der Waals surface area contributed by atoms with Gasteiger partial charge in [0.15, 0.2) is 0 Å². The summed E-state index contributed by atoms with van der Waals surface area (Å²) in [5.74, 6) is -0.701. The van der Waals surface area contributed by atoms with Crippen molar-refractivity contribution in [2.45, 2.75) is 45.1 Å². The normalized spacial score (nSPS) is 13.7. The van der Waals surface area contributed by atoms with Crippen molar-refractivity contribution < 1.29 is 13.9 Å². The van der Waals surface area contributed by atoms with Crippen LogP contribution < -0.4 is 5.32 Å². The molecule has 1 unspecified atom stereocenters. The first kappa shape index (κ1) is 15.5.